The summed E-state index contributed by atoms with van der Waals surface area (Å²) in [6.45, 7) is 6.02. The van der Waals surface area contributed by atoms with Gasteiger partial charge in [0.05, 0.1) is 5.56 Å². The highest BCUT2D eigenvalue weighted by atomic mass is 16.4. The van der Waals surface area contributed by atoms with E-state index in [9.17, 15) is 4.79 Å². The van der Waals surface area contributed by atoms with Crippen molar-refractivity contribution in [3.63, 3.8) is 0 Å². The minimum Gasteiger partial charge on any atom is -0.478 e. The maximum Gasteiger partial charge on any atom is 0.335 e. The van der Waals surface area contributed by atoms with Gasteiger partial charge < -0.3 is 5.11 Å². The average molecular weight is 298 g/mol. The molecule has 0 aliphatic carbocycles. The van der Waals surface area contributed by atoms with E-state index >= 15 is 0 Å². The van der Waals surface area contributed by atoms with Crippen LogP contribution >= 0.6 is 0 Å². The van der Waals surface area contributed by atoms with Crippen LogP contribution in [0.4, 0.5) is 0 Å². The predicted octanol–water partition coefficient (Wildman–Crippen LogP) is 3.58. The highest BCUT2D eigenvalue weighted by Gasteiger charge is 2.14. The molecule has 0 unspecified atom stereocenters. The van der Waals surface area contributed by atoms with Crippen molar-refractivity contribution in [3.8, 4) is 0 Å². The zero-order valence-electron chi connectivity index (χ0n) is 13.1. The zero-order valence-corrected chi connectivity index (χ0v) is 13.1. The maximum absolute atomic E-state index is 10.9. The number of hydrogen-bond donors (Lipinski definition) is 1. The van der Waals surface area contributed by atoms with Crippen LogP contribution < -0.4 is 0 Å². The molecule has 1 heterocycles. The SMILES string of the molecule is CC[C@@H](C)N(Cc1ccc(C(=O)O)cc1)Cc1cccnc1. The molecule has 0 aliphatic rings. The van der Waals surface area contributed by atoms with Crippen LogP contribution in [-0.2, 0) is 13.1 Å². The van der Waals surface area contributed by atoms with E-state index in [1.54, 1.807) is 18.3 Å². The third-order valence-corrected chi connectivity index (χ3v) is 3.91. The Morgan fingerprint density at radius 3 is 2.41 bits per heavy atom. The van der Waals surface area contributed by atoms with Crippen molar-refractivity contribution < 1.29 is 9.90 Å². The van der Waals surface area contributed by atoms with Crippen molar-refractivity contribution >= 4 is 5.97 Å². The van der Waals surface area contributed by atoms with Crippen LogP contribution in [-0.4, -0.2) is 27.0 Å². The second-order valence-electron chi connectivity index (χ2n) is 5.53. The highest BCUT2D eigenvalue weighted by Crippen LogP contribution is 2.15. The number of pyridine rings is 1. The fourth-order valence-electron chi connectivity index (χ4n) is 2.34. The molecule has 0 aliphatic heterocycles. The van der Waals surface area contributed by atoms with Crippen LogP contribution in [0.2, 0.25) is 0 Å². The van der Waals surface area contributed by atoms with Crippen molar-refractivity contribution in [1.29, 1.82) is 0 Å². The third-order valence-electron chi connectivity index (χ3n) is 3.91. The number of carboxylic acid groups (broad SMARTS) is 1. The molecule has 2 aromatic rings. The quantitative estimate of drug-likeness (QED) is 0.849. The Kier molecular flexibility index (Phi) is 5.67. The molecule has 0 radical (unpaired) electrons. The lowest BCUT2D eigenvalue weighted by atomic mass is 10.1. The van der Waals surface area contributed by atoms with Gasteiger partial charge in [0.2, 0.25) is 0 Å². The molecular formula is C18H22N2O2. The third kappa shape index (κ3) is 4.40. The lowest BCUT2D eigenvalue weighted by Gasteiger charge is -2.28. The molecule has 0 fully saturated rings. The molecule has 4 heteroatoms. The van der Waals surface area contributed by atoms with Crippen molar-refractivity contribution in [2.75, 3.05) is 0 Å². The first-order valence-corrected chi connectivity index (χ1v) is 7.55. The van der Waals surface area contributed by atoms with E-state index in [2.05, 4.69) is 29.8 Å². The molecule has 22 heavy (non-hydrogen) atoms. The van der Waals surface area contributed by atoms with Crippen LogP contribution in [0, 0.1) is 0 Å². The van der Waals surface area contributed by atoms with E-state index in [4.69, 9.17) is 5.11 Å². The Bertz CT molecular complexity index is 596. The van der Waals surface area contributed by atoms with Crippen molar-refractivity contribution in [2.24, 2.45) is 0 Å². The lowest BCUT2D eigenvalue weighted by molar-refractivity contribution is 0.0697. The Hall–Kier alpha value is -2.20. The summed E-state index contributed by atoms with van der Waals surface area (Å²) < 4.78 is 0. The molecule has 116 valence electrons. The Balaban J connectivity index is 2.11. The van der Waals surface area contributed by atoms with E-state index in [0.29, 0.717) is 11.6 Å². The van der Waals surface area contributed by atoms with Crippen LogP contribution in [0.15, 0.2) is 48.8 Å². The number of rotatable bonds is 7. The summed E-state index contributed by atoms with van der Waals surface area (Å²) in [6, 6.07) is 11.6. The van der Waals surface area contributed by atoms with Crippen molar-refractivity contribution in [3.05, 3.63) is 65.5 Å². The van der Waals surface area contributed by atoms with E-state index in [1.165, 1.54) is 5.56 Å². The van der Waals surface area contributed by atoms with Gasteiger partial charge in [0, 0.05) is 31.5 Å². The molecule has 1 N–H and O–H groups in total. The first-order valence-electron chi connectivity index (χ1n) is 7.55. The fraction of sp³-hybridized carbons (Fsp3) is 0.333. The predicted molar refractivity (Wildman–Crippen MR) is 86.6 cm³/mol. The topological polar surface area (TPSA) is 53.4 Å². The van der Waals surface area contributed by atoms with E-state index in [-0.39, 0.29) is 0 Å². The standard InChI is InChI=1S/C18H22N2O2/c1-3-14(2)20(13-16-5-4-10-19-11-16)12-15-6-8-17(9-7-15)18(21)22/h4-11,14H,3,12-13H2,1-2H3,(H,21,22)/t14-/m1/s1. The van der Waals surface area contributed by atoms with Gasteiger partial charge in [-0.05, 0) is 42.7 Å². The normalized spacial score (nSPS) is 12.3. The average Bonchev–Trinajstić information content (AvgIpc) is 2.55. The van der Waals surface area contributed by atoms with Gasteiger partial charge in [0.15, 0.2) is 0 Å². The zero-order chi connectivity index (χ0) is 15.9. The molecule has 1 aromatic heterocycles. The summed E-state index contributed by atoms with van der Waals surface area (Å²) in [5.74, 6) is -0.888. The first-order chi connectivity index (χ1) is 10.6. The van der Waals surface area contributed by atoms with Gasteiger partial charge in [-0.3, -0.25) is 9.88 Å². The molecular weight excluding hydrogens is 276 g/mol. The number of carbonyl (C=O) groups is 1. The minimum absolute atomic E-state index is 0.325. The summed E-state index contributed by atoms with van der Waals surface area (Å²) >= 11 is 0. The smallest absolute Gasteiger partial charge is 0.335 e. The summed E-state index contributed by atoms with van der Waals surface area (Å²) in [5, 5.41) is 8.96. The lowest BCUT2D eigenvalue weighted by Crippen LogP contribution is -2.31. The van der Waals surface area contributed by atoms with E-state index < -0.39 is 5.97 Å². The summed E-state index contributed by atoms with van der Waals surface area (Å²) in [4.78, 5) is 17.5. The molecule has 0 saturated heterocycles. The molecule has 0 spiro atoms. The number of carboxylic acids is 1. The number of benzene rings is 1. The maximum atomic E-state index is 10.9. The summed E-state index contributed by atoms with van der Waals surface area (Å²) in [6.07, 6.45) is 4.73. The molecule has 2 rings (SSSR count). The van der Waals surface area contributed by atoms with Crippen LogP contribution in [0.25, 0.3) is 0 Å². The minimum atomic E-state index is -0.888. The van der Waals surface area contributed by atoms with Crippen LogP contribution in [0.5, 0.6) is 0 Å². The monoisotopic (exact) mass is 298 g/mol. The second kappa shape index (κ2) is 7.71. The van der Waals surface area contributed by atoms with Crippen molar-refractivity contribution in [1.82, 2.24) is 9.88 Å². The number of nitrogens with zero attached hydrogens (tertiary/aromatic N) is 2. The number of aromatic carboxylic acids is 1. The molecule has 1 aromatic carbocycles. The second-order valence-corrected chi connectivity index (χ2v) is 5.53. The van der Waals surface area contributed by atoms with Gasteiger partial charge in [0.25, 0.3) is 0 Å². The largest absolute Gasteiger partial charge is 0.478 e. The molecule has 0 bridgehead atoms. The summed E-state index contributed by atoms with van der Waals surface area (Å²) in [5.41, 5.74) is 2.63. The van der Waals surface area contributed by atoms with Gasteiger partial charge in [-0.15, -0.1) is 0 Å². The Morgan fingerprint density at radius 2 is 1.86 bits per heavy atom. The fourth-order valence-corrected chi connectivity index (χ4v) is 2.34. The van der Waals surface area contributed by atoms with Gasteiger partial charge >= 0.3 is 5.97 Å². The number of aromatic nitrogens is 1. The Morgan fingerprint density at radius 1 is 1.18 bits per heavy atom. The van der Waals surface area contributed by atoms with Gasteiger partial charge in [-0.2, -0.15) is 0 Å². The molecule has 0 saturated carbocycles. The molecule has 0 amide bonds. The van der Waals surface area contributed by atoms with Gasteiger partial charge in [-0.25, -0.2) is 4.79 Å². The summed E-state index contributed by atoms with van der Waals surface area (Å²) in [7, 11) is 0. The Labute approximate surface area is 131 Å². The van der Waals surface area contributed by atoms with E-state index in [0.717, 1.165) is 25.1 Å². The van der Waals surface area contributed by atoms with E-state index in [1.807, 2.05) is 24.4 Å². The first kappa shape index (κ1) is 16.2. The van der Waals surface area contributed by atoms with Gasteiger partial charge in [-0.1, -0.05) is 25.1 Å². The van der Waals surface area contributed by atoms with Gasteiger partial charge in [0.1, 0.15) is 0 Å². The molecule has 4 nitrogen and oxygen atoms in total. The molecule has 1 atom stereocenters. The highest BCUT2D eigenvalue weighted by molar-refractivity contribution is 5.87. The van der Waals surface area contributed by atoms with Crippen molar-refractivity contribution in [2.45, 2.75) is 39.4 Å². The van der Waals surface area contributed by atoms with Crippen LogP contribution in [0.3, 0.4) is 0 Å². The van der Waals surface area contributed by atoms with Crippen LogP contribution in [0.1, 0.15) is 41.8 Å². The number of hydrogen-bond acceptors (Lipinski definition) is 3.